The predicted molar refractivity (Wildman–Crippen MR) is 59.8 cm³/mol. The van der Waals surface area contributed by atoms with E-state index in [1.807, 2.05) is 0 Å². The molecule has 1 fully saturated rings. The summed E-state index contributed by atoms with van der Waals surface area (Å²) in [4.78, 5) is 11.3. The molecule has 4 heteroatoms. The van der Waals surface area contributed by atoms with Crippen LogP contribution >= 0.6 is 0 Å². The normalized spacial score (nSPS) is 17.7. The van der Waals surface area contributed by atoms with Crippen molar-refractivity contribution in [2.45, 2.75) is 38.6 Å². The summed E-state index contributed by atoms with van der Waals surface area (Å²) in [6.45, 7) is 5.32. The van der Waals surface area contributed by atoms with E-state index in [9.17, 15) is 4.79 Å². The average molecular weight is 214 g/mol. The lowest BCUT2D eigenvalue weighted by Gasteiger charge is -2.23. The summed E-state index contributed by atoms with van der Waals surface area (Å²) >= 11 is 0. The van der Waals surface area contributed by atoms with Crippen molar-refractivity contribution < 1.29 is 9.53 Å². The van der Waals surface area contributed by atoms with E-state index in [1.54, 1.807) is 0 Å². The molecule has 1 aliphatic rings. The number of hydrogen-bond acceptors (Lipinski definition) is 3. The summed E-state index contributed by atoms with van der Waals surface area (Å²) in [5.41, 5.74) is 0. The van der Waals surface area contributed by atoms with E-state index < -0.39 is 0 Å². The number of hydrogen-bond donors (Lipinski definition) is 2. The van der Waals surface area contributed by atoms with Crippen molar-refractivity contribution in [3.8, 4) is 0 Å². The Morgan fingerprint density at radius 1 is 1.33 bits per heavy atom. The van der Waals surface area contributed by atoms with Crippen LogP contribution in [0, 0.1) is 0 Å². The van der Waals surface area contributed by atoms with Crippen LogP contribution in [-0.4, -0.2) is 38.3 Å². The first-order chi connectivity index (χ1) is 7.33. The van der Waals surface area contributed by atoms with Crippen LogP contribution in [0.5, 0.6) is 0 Å². The molecule has 1 aliphatic heterocycles. The van der Waals surface area contributed by atoms with Gasteiger partial charge in [-0.3, -0.25) is 4.79 Å². The molecule has 0 atom stereocenters. The van der Waals surface area contributed by atoms with Gasteiger partial charge in [0.15, 0.2) is 0 Å². The van der Waals surface area contributed by atoms with E-state index in [-0.39, 0.29) is 5.91 Å². The lowest BCUT2D eigenvalue weighted by Crippen LogP contribution is -2.37. The highest BCUT2D eigenvalue weighted by atomic mass is 16.5. The second kappa shape index (κ2) is 7.65. The molecule has 0 radical (unpaired) electrons. The topological polar surface area (TPSA) is 50.4 Å². The van der Waals surface area contributed by atoms with Gasteiger partial charge in [0, 0.05) is 38.8 Å². The van der Waals surface area contributed by atoms with Gasteiger partial charge in [-0.15, -0.1) is 0 Å². The Morgan fingerprint density at radius 2 is 2.07 bits per heavy atom. The SMILES string of the molecule is CCCNC(=O)CCNC1CCOCC1. The summed E-state index contributed by atoms with van der Waals surface area (Å²) in [5.74, 6) is 0.149. The molecule has 1 amide bonds. The molecule has 1 saturated heterocycles. The van der Waals surface area contributed by atoms with Gasteiger partial charge in [-0.05, 0) is 19.3 Å². The van der Waals surface area contributed by atoms with Gasteiger partial charge < -0.3 is 15.4 Å². The Bertz CT molecular complexity index is 179. The summed E-state index contributed by atoms with van der Waals surface area (Å²) < 4.78 is 5.26. The fourth-order valence-electron chi connectivity index (χ4n) is 1.64. The smallest absolute Gasteiger partial charge is 0.221 e. The van der Waals surface area contributed by atoms with Crippen LogP contribution in [0.3, 0.4) is 0 Å². The Balaban J connectivity index is 1.97. The molecule has 0 aromatic carbocycles. The van der Waals surface area contributed by atoms with Crippen LogP contribution in [0.4, 0.5) is 0 Å². The van der Waals surface area contributed by atoms with Crippen LogP contribution in [0.15, 0.2) is 0 Å². The van der Waals surface area contributed by atoms with Crippen LogP contribution in [0.1, 0.15) is 32.6 Å². The molecule has 1 rings (SSSR count). The number of rotatable bonds is 6. The van der Waals surface area contributed by atoms with Gasteiger partial charge in [0.25, 0.3) is 0 Å². The summed E-state index contributed by atoms with van der Waals surface area (Å²) in [5, 5.41) is 6.25. The third-order valence-electron chi connectivity index (χ3n) is 2.58. The van der Waals surface area contributed by atoms with E-state index >= 15 is 0 Å². The number of carbonyl (C=O) groups is 1. The lowest BCUT2D eigenvalue weighted by molar-refractivity contribution is -0.121. The van der Waals surface area contributed by atoms with Crippen molar-refractivity contribution in [3.63, 3.8) is 0 Å². The van der Waals surface area contributed by atoms with E-state index in [1.165, 1.54) is 0 Å². The second-order valence-corrected chi connectivity index (χ2v) is 3.94. The molecule has 15 heavy (non-hydrogen) atoms. The minimum Gasteiger partial charge on any atom is -0.381 e. The number of amides is 1. The van der Waals surface area contributed by atoms with Crippen LogP contribution in [0.25, 0.3) is 0 Å². The molecule has 88 valence electrons. The van der Waals surface area contributed by atoms with Gasteiger partial charge in [0.05, 0.1) is 0 Å². The van der Waals surface area contributed by atoms with Crippen molar-refractivity contribution in [2.24, 2.45) is 0 Å². The third-order valence-corrected chi connectivity index (χ3v) is 2.58. The molecule has 0 bridgehead atoms. The van der Waals surface area contributed by atoms with Gasteiger partial charge in [0.1, 0.15) is 0 Å². The first kappa shape index (κ1) is 12.5. The van der Waals surface area contributed by atoms with Crippen molar-refractivity contribution >= 4 is 5.91 Å². The fourth-order valence-corrected chi connectivity index (χ4v) is 1.64. The fraction of sp³-hybridized carbons (Fsp3) is 0.909. The standard InChI is InChI=1S/C11H22N2O2/c1-2-6-13-11(14)3-7-12-10-4-8-15-9-5-10/h10,12H,2-9H2,1H3,(H,13,14). The van der Waals surface area contributed by atoms with Crippen LogP contribution < -0.4 is 10.6 Å². The summed E-state index contributed by atoms with van der Waals surface area (Å²) in [6, 6.07) is 0.540. The van der Waals surface area contributed by atoms with Crippen molar-refractivity contribution in [1.82, 2.24) is 10.6 Å². The van der Waals surface area contributed by atoms with Gasteiger partial charge in [-0.25, -0.2) is 0 Å². The van der Waals surface area contributed by atoms with Gasteiger partial charge in [-0.2, -0.15) is 0 Å². The van der Waals surface area contributed by atoms with E-state index in [0.717, 1.165) is 45.6 Å². The van der Waals surface area contributed by atoms with Crippen molar-refractivity contribution in [3.05, 3.63) is 0 Å². The first-order valence-electron chi connectivity index (χ1n) is 5.90. The highest BCUT2D eigenvalue weighted by Gasteiger charge is 2.12. The number of carbonyl (C=O) groups excluding carboxylic acids is 1. The van der Waals surface area contributed by atoms with Gasteiger partial charge >= 0.3 is 0 Å². The molecule has 0 spiro atoms. The zero-order valence-electron chi connectivity index (χ0n) is 9.55. The van der Waals surface area contributed by atoms with E-state index in [0.29, 0.717) is 12.5 Å². The minimum atomic E-state index is 0.149. The zero-order chi connectivity index (χ0) is 10.9. The monoisotopic (exact) mass is 214 g/mol. The van der Waals surface area contributed by atoms with Crippen molar-refractivity contribution in [2.75, 3.05) is 26.3 Å². The number of ether oxygens (including phenoxy) is 1. The Hall–Kier alpha value is -0.610. The molecule has 0 aromatic heterocycles. The molecule has 0 aromatic rings. The maximum Gasteiger partial charge on any atom is 0.221 e. The Labute approximate surface area is 91.8 Å². The highest BCUT2D eigenvalue weighted by Crippen LogP contribution is 2.05. The summed E-state index contributed by atoms with van der Waals surface area (Å²) in [7, 11) is 0. The Morgan fingerprint density at radius 3 is 2.73 bits per heavy atom. The molecule has 0 unspecified atom stereocenters. The molecular formula is C11H22N2O2. The minimum absolute atomic E-state index is 0.149. The van der Waals surface area contributed by atoms with Crippen LogP contribution in [-0.2, 0) is 9.53 Å². The first-order valence-corrected chi connectivity index (χ1v) is 5.90. The van der Waals surface area contributed by atoms with Gasteiger partial charge in [0.2, 0.25) is 5.91 Å². The molecular weight excluding hydrogens is 192 g/mol. The molecule has 2 N–H and O–H groups in total. The van der Waals surface area contributed by atoms with Gasteiger partial charge in [-0.1, -0.05) is 6.92 Å². The second-order valence-electron chi connectivity index (χ2n) is 3.94. The average Bonchev–Trinajstić information content (AvgIpc) is 2.28. The maximum atomic E-state index is 11.3. The lowest BCUT2D eigenvalue weighted by atomic mass is 10.1. The summed E-state index contributed by atoms with van der Waals surface area (Å²) in [6.07, 6.45) is 3.71. The van der Waals surface area contributed by atoms with Crippen molar-refractivity contribution in [1.29, 1.82) is 0 Å². The Kier molecular flexibility index (Phi) is 6.36. The van der Waals surface area contributed by atoms with E-state index in [4.69, 9.17) is 4.74 Å². The van der Waals surface area contributed by atoms with Crippen LogP contribution in [0.2, 0.25) is 0 Å². The largest absolute Gasteiger partial charge is 0.381 e. The molecule has 1 heterocycles. The van der Waals surface area contributed by atoms with E-state index in [2.05, 4.69) is 17.6 Å². The zero-order valence-corrected chi connectivity index (χ0v) is 9.55. The maximum absolute atomic E-state index is 11.3. The third kappa shape index (κ3) is 5.74. The molecule has 0 aliphatic carbocycles. The quantitative estimate of drug-likeness (QED) is 0.683. The molecule has 4 nitrogen and oxygen atoms in total. The number of nitrogens with one attached hydrogen (secondary N) is 2. The predicted octanol–water partition coefficient (Wildman–Crippen LogP) is 0.671. The highest BCUT2D eigenvalue weighted by molar-refractivity contribution is 5.75. The molecule has 0 saturated carbocycles.